The van der Waals surface area contributed by atoms with Gasteiger partial charge in [-0.3, -0.25) is 9.82 Å². The van der Waals surface area contributed by atoms with Crippen LogP contribution < -0.4 is 0 Å². The van der Waals surface area contributed by atoms with Crippen molar-refractivity contribution in [2.24, 2.45) is 0 Å². The van der Waals surface area contributed by atoms with Crippen LogP contribution in [0.5, 0.6) is 0 Å². The Hall–Kier alpha value is -2.41. The lowest BCUT2D eigenvalue weighted by Crippen LogP contribution is -2.34. The molecule has 0 spiro atoms. The first-order valence-corrected chi connectivity index (χ1v) is 8.87. The Morgan fingerprint density at radius 1 is 1.32 bits per heavy atom. The van der Waals surface area contributed by atoms with Crippen LogP contribution in [-0.2, 0) is 4.84 Å². The number of hydroxylamine groups is 2. The Morgan fingerprint density at radius 3 is 2.96 bits per heavy atom. The fourth-order valence-corrected chi connectivity index (χ4v) is 3.51. The summed E-state index contributed by atoms with van der Waals surface area (Å²) in [6.07, 6.45) is 7.23. The molecule has 132 valence electrons. The standard InChI is InChI=1S/C18H22N4O3/c1-2-3-10-24-22-14-4-5-16(21(12-14)18(22)23)15-11-17(25-20-15)13-6-8-19-9-7-13/h6-9,11,14,16H,2-5,10,12H2,1H3/t14-,16-/m0/s1. The molecule has 2 amide bonds. The highest BCUT2D eigenvalue weighted by Crippen LogP contribution is 2.39. The lowest BCUT2D eigenvalue weighted by Gasteiger charge is -2.28. The van der Waals surface area contributed by atoms with Crippen molar-refractivity contribution in [1.29, 1.82) is 0 Å². The summed E-state index contributed by atoms with van der Waals surface area (Å²) in [4.78, 5) is 24.3. The summed E-state index contributed by atoms with van der Waals surface area (Å²) in [7, 11) is 0. The van der Waals surface area contributed by atoms with Gasteiger partial charge in [-0.2, -0.15) is 5.06 Å². The molecule has 0 unspecified atom stereocenters. The minimum Gasteiger partial charge on any atom is -0.356 e. The highest BCUT2D eigenvalue weighted by atomic mass is 16.7. The van der Waals surface area contributed by atoms with Gasteiger partial charge < -0.3 is 9.42 Å². The van der Waals surface area contributed by atoms with E-state index in [0.29, 0.717) is 18.9 Å². The summed E-state index contributed by atoms with van der Waals surface area (Å²) in [5.41, 5.74) is 1.73. The second kappa shape index (κ2) is 6.84. The molecule has 2 aromatic rings. The first-order chi connectivity index (χ1) is 12.3. The van der Waals surface area contributed by atoms with Gasteiger partial charge in [-0.15, -0.1) is 0 Å². The van der Waals surface area contributed by atoms with Gasteiger partial charge >= 0.3 is 6.03 Å². The molecule has 25 heavy (non-hydrogen) atoms. The number of carbonyl (C=O) groups is 1. The molecule has 4 rings (SSSR count). The fourth-order valence-electron chi connectivity index (χ4n) is 3.51. The topological polar surface area (TPSA) is 71.7 Å². The van der Waals surface area contributed by atoms with Crippen LogP contribution in [0.3, 0.4) is 0 Å². The number of hydrogen-bond donors (Lipinski definition) is 0. The van der Waals surface area contributed by atoms with E-state index in [9.17, 15) is 4.79 Å². The van der Waals surface area contributed by atoms with Crippen LogP contribution in [0.1, 0.15) is 44.3 Å². The number of aromatic nitrogens is 2. The number of urea groups is 1. The molecule has 2 atom stereocenters. The van der Waals surface area contributed by atoms with Crippen LogP contribution in [0.4, 0.5) is 4.79 Å². The zero-order valence-electron chi connectivity index (χ0n) is 14.3. The molecule has 7 heteroatoms. The van der Waals surface area contributed by atoms with Crippen molar-refractivity contribution in [2.45, 2.75) is 44.7 Å². The largest absolute Gasteiger partial charge is 0.356 e. The fraction of sp³-hybridized carbons (Fsp3) is 0.500. The van der Waals surface area contributed by atoms with E-state index in [2.05, 4.69) is 17.1 Å². The third kappa shape index (κ3) is 3.00. The van der Waals surface area contributed by atoms with E-state index < -0.39 is 0 Å². The molecule has 0 N–H and O–H groups in total. The summed E-state index contributed by atoms with van der Waals surface area (Å²) < 4.78 is 5.49. The van der Waals surface area contributed by atoms with Gasteiger partial charge in [-0.1, -0.05) is 18.5 Å². The number of carbonyl (C=O) groups excluding carboxylic acids is 1. The molecule has 4 heterocycles. The minimum absolute atomic E-state index is 0.0529. The van der Waals surface area contributed by atoms with Crippen molar-refractivity contribution in [3.63, 3.8) is 0 Å². The molecule has 2 fully saturated rings. The normalized spacial score (nSPS) is 22.7. The average Bonchev–Trinajstić information content (AvgIpc) is 3.23. The monoisotopic (exact) mass is 342 g/mol. The van der Waals surface area contributed by atoms with Gasteiger partial charge in [0.05, 0.1) is 18.7 Å². The minimum atomic E-state index is -0.0583. The SMILES string of the molecule is CCCCON1C(=O)N2C[C@@H]1CC[C@H]2c1cc(-c2ccncc2)on1. The van der Waals surface area contributed by atoms with Crippen molar-refractivity contribution in [3.8, 4) is 11.3 Å². The smallest absolute Gasteiger partial charge is 0.344 e. The summed E-state index contributed by atoms with van der Waals surface area (Å²) in [6, 6.07) is 5.72. The van der Waals surface area contributed by atoms with Gasteiger partial charge in [0.1, 0.15) is 5.69 Å². The van der Waals surface area contributed by atoms with Crippen molar-refractivity contribution >= 4 is 6.03 Å². The van der Waals surface area contributed by atoms with Crippen molar-refractivity contribution in [1.82, 2.24) is 20.1 Å². The van der Waals surface area contributed by atoms with Crippen molar-refractivity contribution in [2.75, 3.05) is 13.2 Å². The van der Waals surface area contributed by atoms with Gasteiger partial charge in [-0.25, -0.2) is 4.79 Å². The summed E-state index contributed by atoms with van der Waals surface area (Å²) in [6.45, 7) is 3.39. The first kappa shape index (κ1) is 16.1. The van der Waals surface area contributed by atoms with Gasteiger partial charge in [0, 0.05) is 30.6 Å². The number of nitrogens with zero attached hydrogens (tertiary/aromatic N) is 4. The van der Waals surface area contributed by atoms with Crippen LogP contribution in [0.2, 0.25) is 0 Å². The highest BCUT2D eigenvalue weighted by Gasteiger charge is 2.46. The second-order valence-corrected chi connectivity index (χ2v) is 6.55. The number of pyridine rings is 1. The molecule has 2 aromatic heterocycles. The Labute approximate surface area is 146 Å². The van der Waals surface area contributed by atoms with E-state index in [-0.39, 0.29) is 18.1 Å². The molecule has 2 aliphatic heterocycles. The van der Waals surface area contributed by atoms with Crippen molar-refractivity contribution < 1.29 is 14.2 Å². The number of rotatable bonds is 6. The van der Waals surface area contributed by atoms with Crippen LogP contribution in [-0.4, -0.2) is 45.3 Å². The number of amides is 2. The van der Waals surface area contributed by atoms with Crippen LogP contribution in [0, 0.1) is 0 Å². The van der Waals surface area contributed by atoms with Crippen LogP contribution in [0.25, 0.3) is 11.3 Å². The van der Waals surface area contributed by atoms with E-state index in [1.165, 1.54) is 0 Å². The summed E-state index contributed by atoms with van der Waals surface area (Å²) in [5.74, 6) is 0.697. The molecule has 0 radical (unpaired) electrons. The molecule has 2 bridgehead atoms. The Bertz CT molecular complexity index is 733. The number of unbranched alkanes of at least 4 members (excludes halogenated alkanes) is 1. The molecule has 0 aliphatic carbocycles. The quantitative estimate of drug-likeness (QED) is 0.752. The van der Waals surface area contributed by atoms with E-state index >= 15 is 0 Å². The van der Waals surface area contributed by atoms with Gasteiger partial charge in [0.15, 0.2) is 5.76 Å². The Morgan fingerprint density at radius 2 is 2.16 bits per heavy atom. The predicted molar refractivity (Wildman–Crippen MR) is 90.3 cm³/mol. The summed E-state index contributed by atoms with van der Waals surface area (Å²) >= 11 is 0. The zero-order chi connectivity index (χ0) is 17.2. The number of hydrogen-bond acceptors (Lipinski definition) is 5. The summed E-state index contributed by atoms with van der Waals surface area (Å²) in [5, 5.41) is 5.79. The lowest BCUT2D eigenvalue weighted by molar-refractivity contribution is -0.130. The van der Waals surface area contributed by atoms with Gasteiger partial charge in [-0.05, 0) is 31.4 Å². The predicted octanol–water partition coefficient (Wildman–Crippen LogP) is 3.41. The van der Waals surface area contributed by atoms with E-state index in [1.807, 2.05) is 23.1 Å². The van der Waals surface area contributed by atoms with Crippen molar-refractivity contribution in [3.05, 3.63) is 36.3 Å². The van der Waals surface area contributed by atoms with E-state index in [1.54, 1.807) is 17.5 Å². The van der Waals surface area contributed by atoms with Gasteiger partial charge in [0.25, 0.3) is 0 Å². The van der Waals surface area contributed by atoms with Gasteiger partial charge in [0.2, 0.25) is 0 Å². The molecule has 2 aliphatic rings. The maximum absolute atomic E-state index is 12.7. The zero-order valence-corrected chi connectivity index (χ0v) is 14.3. The lowest BCUT2D eigenvalue weighted by atomic mass is 9.98. The van der Waals surface area contributed by atoms with Crippen LogP contribution >= 0.6 is 0 Å². The number of fused-ring (bicyclic) bond motifs is 2. The molecular weight excluding hydrogens is 320 g/mol. The first-order valence-electron chi connectivity index (χ1n) is 8.87. The third-order valence-corrected chi connectivity index (χ3v) is 4.89. The molecule has 0 saturated carbocycles. The highest BCUT2D eigenvalue weighted by molar-refractivity contribution is 5.77. The maximum atomic E-state index is 12.7. The molecule has 0 aromatic carbocycles. The average molecular weight is 342 g/mol. The molecular formula is C18H22N4O3. The molecule has 2 saturated heterocycles. The van der Waals surface area contributed by atoms with E-state index in [0.717, 1.165) is 36.9 Å². The van der Waals surface area contributed by atoms with E-state index in [4.69, 9.17) is 9.36 Å². The maximum Gasteiger partial charge on any atom is 0.344 e. The molecule has 7 nitrogen and oxygen atoms in total. The Balaban J connectivity index is 1.50. The third-order valence-electron chi connectivity index (χ3n) is 4.89. The Kier molecular flexibility index (Phi) is 4.40. The van der Waals surface area contributed by atoms with Crippen LogP contribution in [0.15, 0.2) is 35.1 Å². The second-order valence-electron chi connectivity index (χ2n) is 6.55. The number of piperidine rings is 1.